The molecule has 3 N–H and O–H groups in total. The molecule has 1 atom stereocenters. The maximum absolute atomic E-state index is 12.8. The predicted octanol–water partition coefficient (Wildman–Crippen LogP) is 2.30. The number of carbonyl (C=O) groups excluding carboxylic acids is 1. The van der Waals surface area contributed by atoms with E-state index in [1.165, 1.54) is 5.56 Å². The zero-order valence-electron chi connectivity index (χ0n) is 14.7. The van der Waals surface area contributed by atoms with Crippen LogP contribution < -0.4 is 15.4 Å². The monoisotopic (exact) mass is 353 g/mol. The van der Waals surface area contributed by atoms with Gasteiger partial charge in [-0.25, -0.2) is 4.98 Å². The lowest BCUT2D eigenvalue weighted by atomic mass is 9.74. The lowest BCUT2D eigenvalue weighted by Crippen LogP contribution is -2.41. The Morgan fingerprint density at radius 3 is 2.92 bits per heavy atom. The topological polar surface area (TPSA) is 83.5 Å². The molecule has 6 nitrogen and oxygen atoms in total. The fourth-order valence-electron chi connectivity index (χ4n) is 3.71. The molecule has 0 spiro atoms. The highest BCUT2D eigenvalue weighted by molar-refractivity contribution is 5.95. The third-order valence-electron chi connectivity index (χ3n) is 5.26. The number of aromatic nitrogens is 1. The molecule has 2 heterocycles. The SMILES string of the molecule is CNc1cc(C(=O)N[C@@H](c2ccc3c(c2)CCO3)C2CC(O)C2)ccn1. The van der Waals surface area contributed by atoms with Gasteiger partial charge in [0.1, 0.15) is 11.6 Å². The first-order valence-electron chi connectivity index (χ1n) is 9.02. The molecule has 0 radical (unpaired) electrons. The lowest BCUT2D eigenvalue weighted by molar-refractivity contribution is 0.0235. The van der Waals surface area contributed by atoms with Gasteiger partial charge in [-0.3, -0.25) is 4.79 Å². The molecule has 136 valence electrons. The zero-order valence-corrected chi connectivity index (χ0v) is 14.7. The van der Waals surface area contributed by atoms with Crippen molar-refractivity contribution >= 4 is 11.7 Å². The summed E-state index contributed by atoms with van der Waals surface area (Å²) >= 11 is 0. The summed E-state index contributed by atoms with van der Waals surface area (Å²) in [4.78, 5) is 17.0. The average molecular weight is 353 g/mol. The highest BCUT2D eigenvalue weighted by Gasteiger charge is 2.36. The number of ether oxygens (including phenoxy) is 1. The molecule has 1 aliphatic heterocycles. The number of aliphatic hydroxyl groups is 1. The van der Waals surface area contributed by atoms with Crippen LogP contribution in [0.3, 0.4) is 0 Å². The van der Waals surface area contributed by atoms with E-state index in [1.807, 2.05) is 12.1 Å². The molecule has 1 aromatic carbocycles. The van der Waals surface area contributed by atoms with E-state index < -0.39 is 0 Å². The molecular weight excluding hydrogens is 330 g/mol. The summed E-state index contributed by atoms with van der Waals surface area (Å²) in [7, 11) is 1.77. The van der Waals surface area contributed by atoms with Crippen molar-refractivity contribution in [3.63, 3.8) is 0 Å². The lowest BCUT2D eigenvalue weighted by Gasteiger charge is -2.38. The predicted molar refractivity (Wildman–Crippen MR) is 98.4 cm³/mol. The van der Waals surface area contributed by atoms with Gasteiger partial charge in [-0.15, -0.1) is 0 Å². The van der Waals surface area contributed by atoms with E-state index in [2.05, 4.69) is 21.7 Å². The van der Waals surface area contributed by atoms with Crippen LogP contribution in [0.15, 0.2) is 36.5 Å². The van der Waals surface area contributed by atoms with Crippen LogP contribution in [0, 0.1) is 5.92 Å². The third kappa shape index (κ3) is 3.24. The van der Waals surface area contributed by atoms with Crippen molar-refractivity contribution < 1.29 is 14.6 Å². The summed E-state index contributed by atoms with van der Waals surface area (Å²) in [6.07, 6.45) is 3.66. The highest BCUT2D eigenvalue weighted by Crippen LogP contribution is 2.40. The van der Waals surface area contributed by atoms with Crippen molar-refractivity contribution in [3.8, 4) is 5.75 Å². The first-order chi connectivity index (χ1) is 12.6. The van der Waals surface area contributed by atoms with E-state index in [-0.39, 0.29) is 24.0 Å². The number of anilines is 1. The van der Waals surface area contributed by atoms with Crippen molar-refractivity contribution in [3.05, 3.63) is 53.2 Å². The number of amides is 1. The van der Waals surface area contributed by atoms with Crippen molar-refractivity contribution in [1.29, 1.82) is 0 Å². The smallest absolute Gasteiger partial charge is 0.251 e. The Bertz CT molecular complexity index is 818. The van der Waals surface area contributed by atoms with Crippen LogP contribution in [0.5, 0.6) is 5.75 Å². The van der Waals surface area contributed by atoms with Crippen LogP contribution >= 0.6 is 0 Å². The molecule has 26 heavy (non-hydrogen) atoms. The fourth-order valence-corrected chi connectivity index (χ4v) is 3.71. The number of pyridine rings is 1. The summed E-state index contributed by atoms with van der Waals surface area (Å²) in [5.41, 5.74) is 2.82. The number of hydrogen-bond acceptors (Lipinski definition) is 5. The van der Waals surface area contributed by atoms with Gasteiger partial charge in [0, 0.05) is 25.2 Å². The second kappa shape index (κ2) is 6.96. The Labute approximate surface area is 152 Å². The molecule has 2 aliphatic rings. The summed E-state index contributed by atoms with van der Waals surface area (Å²) in [5.74, 6) is 1.69. The standard InChI is InChI=1S/C20H23N3O3/c1-21-18-11-14(4-6-22-18)20(25)23-19(15-9-16(24)10-15)13-2-3-17-12(8-13)5-7-26-17/h2-4,6,8,11,15-16,19,24H,5,7,9-10H2,1H3,(H,21,22)(H,23,25)/t15?,16?,19-/m0/s1. The molecular formula is C20H23N3O3. The van der Waals surface area contributed by atoms with Crippen molar-refractivity contribution in [2.75, 3.05) is 19.0 Å². The molecule has 1 aromatic heterocycles. The van der Waals surface area contributed by atoms with Gasteiger partial charge < -0.3 is 20.5 Å². The largest absolute Gasteiger partial charge is 0.493 e. The van der Waals surface area contributed by atoms with E-state index >= 15 is 0 Å². The zero-order chi connectivity index (χ0) is 18.1. The summed E-state index contributed by atoms with van der Waals surface area (Å²) in [6.45, 7) is 0.710. The van der Waals surface area contributed by atoms with E-state index in [1.54, 1.807) is 25.4 Å². The Kier molecular flexibility index (Phi) is 4.51. The van der Waals surface area contributed by atoms with Gasteiger partial charge in [-0.05, 0) is 54.2 Å². The molecule has 1 aliphatic carbocycles. The van der Waals surface area contributed by atoms with Crippen LogP contribution in [0.4, 0.5) is 5.82 Å². The van der Waals surface area contributed by atoms with Crippen molar-refractivity contribution in [2.24, 2.45) is 5.92 Å². The molecule has 1 amide bonds. The normalized spacial score (nSPS) is 21.9. The first kappa shape index (κ1) is 16.8. The van der Waals surface area contributed by atoms with Crippen LogP contribution in [-0.4, -0.2) is 35.8 Å². The summed E-state index contributed by atoms with van der Waals surface area (Å²) in [6, 6.07) is 9.45. The van der Waals surface area contributed by atoms with Gasteiger partial charge in [-0.2, -0.15) is 0 Å². The second-order valence-corrected chi connectivity index (χ2v) is 6.98. The number of carbonyl (C=O) groups is 1. The van der Waals surface area contributed by atoms with E-state index in [9.17, 15) is 9.90 Å². The molecule has 0 bridgehead atoms. The van der Waals surface area contributed by atoms with Crippen LogP contribution in [0.1, 0.15) is 40.4 Å². The second-order valence-electron chi connectivity index (χ2n) is 6.98. The van der Waals surface area contributed by atoms with Gasteiger partial charge >= 0.3 is 0 Å². The Morgan fingerprint density at radius 1 is 1.31 bits per heavy atom. The Morgan fingerprint density at radius 2 is 2.15 bits per heavy atom. The van der Waals surface area contributed by atoms with Crippen molar-refractivity contribution in [1.82, 2.24) is 10.3 Å². The number of nitrogens with zero attached hydrogens (tertiary/aromatic N) is 1. The summed E-state index contributed by atoms with van der Waals surface area (Å²) < 4.78 is 5.59. The minimum Gasteiger partial charge on any atom is -0.493 e. The molecule has 4 rings (SSSR count). The minimum atomic E-state index is -0.269. The van der Waals surface area contributed by atoms with Crippen LogP contribution in [0.25, 0.3) is 0 Å². The van der Waals surface area contributed by atoms with Crippen LogP contribution in [0.2, 0.25) is 0 Å². The van der Waals surface area contributed by atoms with E-state index in [4.69, 9.17) is 4.74 Å². The number of nitrogens with one attached hydrogen (secondary N) is 2. The van der Waals surface area contributed by atoms with Gasteiger partial charge in [0.15, 0.2) is 0 Å². The third-order valence-corrected chi connectivity index (χ3v) is 5.26. The van der Waals surface area contributed by atoms with Gasteiger partial charge in [0.25, 0.3) is 5.91 Å². The molecule has 1 fully saturated rings. The van der Waals surface area contributed by atoms with Gasteiger partial charge in [0.05, 0.1) is 18.8 Å². The molecule has 2 aromatic rings. The number of aliphatic hydroxyl groups excluding tert-OH is 1. The molecule has 6 heteroatoms. The number of rotatable bonds is 5. The van der Waals surface area contributed by atoms with Crippen LogP contribution in [-0.2, 0) is 6.42 Å². The quantitative estimate of drug-likeness (QED) is 0.768. The van der Waals surface area contributed by atoms with E-state index in [0.717, 1.165) is 17.7 Å². The van der Waals surface area contributed by atoms with E-state index in [0.29, 0.717) is 30.8 Å². The van der Waals surface area contributed by atoms with Gasteiger partial charge in [0.2, 0.25) is 0 Å². The first-order valence-corrected chi connectivity index (χ1v) is 9.02. The fraction of sp³-hybridized carbons (Fsp3) is 0.400. The Hall–Kier alpha value is -2.60. The molecule has 1 saturated carbocycles. The summed E-state index contributed by atoms with van der Waals surface area (Å²) in [5, 5.41) is 15.9. The minimum absolute atomic E-state index is 0.122. The highest BCUT2D eigenvalue weighted by atomic mass is 16.5. The number of hydrogen-bond donors (Lipinski definition) is 3. The van der Waals surface area contributed by atoms with Crippen molar-refractivity contribution in [2.45, 2.75) is 31.4 Å². The number of benzene rings is 1. The van der Waals surface area contributed by atoms with Gasteiger partial charge in [-0.1, -0.05) is 6.07 Å². The maximum Gasteiger partial charge on any atom is 0.251 e. The number of fused-ring (bicyclic) bond motifs is 1. The molecule has 0 saturated heterocycles. The Balaban J connectivity index is 1.58. The average Bonchev–Trinajstić information content (AvgIpc) is 3.11. The maximum atomic E-state index is 12.8. The molecule has 0 unspecified atom stereocenters.